The minimum atomic E-state index is -0.798. The van der Waals surface area contributed by atoms with E-state index in [0.29, 0.717) is 17.9 Å². The van der Waals surface area contributed by atoms with E-state index in [1.54, 1.807) is 24.7 Å². The van der Waals surface area contributed by atoms with Gasteiger partial charge in [-0.05, 0) is 50.9 Å². The molecule has 35 heavy (non-hydrogen) atoms. The Hall–Kier alpha value is -3.33. The maximum absolute atomic E-state index is 14.0. The van der Waals surface area contributed by atoms with E-state index in [0.717, 1.165) is 16.6 Å². The molecule has 184 valence electrons. The number of methoxy groups -OCH3 is 1. The standard InChI is InChI=1S/C26H29N3O5S/c1-26(2,3)34-25(32)23-20(16-35-29(23)17-8-7-12-27-14-17)24(31)19-15-28(13-11-22(30)33-4)21-10-6-5-9-18(19)21/h5-10,12,14-15,20,23H,11,13,16H2,1-4H3. The number of fused-ring (bicyclic) bond motifs is 1. The van der Waals surface area contributed by atoms with Crippen LogP contribution in [0, 0.1) is 5.92 Å². The first-order valence-corrected chi connectivity index (χ1v) is 12.4. The van der Waals surface area contributed by atoms with Crippen LogP contribution in [0.3, 0.4) is 0 Å². The maximum Gasteiger partial charge on any atom is 0.331 e. The summed E-state index contributed by atoms with van der Waals surface area (Å²) >= 11 is 1.42. The van der Waals surface area contributed by atoms with Gasteiger partial charge in [0.1, 0.15) is 11.6 Å². The van der Waals surface area contributed by atoms with Crippen molar-refractivity contribution in [3.63, 3.8) is 0 Å². The molecule has 0 N–H and O–H groups in total. The second-order valence-corrected chi connectivity index (χ2v) is 10.3. The number of ether oxygens (including phenoxy) is 2. The lowest BCUT2D eigenvalue weighted by Crippen LogP contribution is -2.44. The number of pyridine rings is 1. The van der Waals surface area contributed by atoms with E-state index < -0.39 is 23.5 Å². The second-order valence-electron chi connectivity index (χ2n) is 9.36. The Morgan fingerprint density at radius 3 is 2.60 bits per heavy atom. The summed E-state index contributed by atoms with van der Waals surface area (Å²) in [6, 6.07) is 10.4. The Labute approximate surface area is 208 Å². The van der Waals surface area contributed by atoms with E-state index in [1.807, 2.05) is 60.0 Å². The zero-order valence-corrected chi connectivity index (χ0v) is 21.1. The molecule has 3 heterocycles. The lowest BCUT2D eigenvalue weighted by Gasteiger charge is -2.29. The van der Waals surface area contributed by atoms with Crippen molar-refractivity contribution in [1.29, 1.82) is 0 Å². The quantitative estimate of drug-likeness (QED) is 0.273. The minimum Gasteiger partial charge on any atom is -0.469 e. The van der Waals surface area contributed by atoms with Gasteiger partial charge < -0.3 is 14.0 Å². The first kappa shape index (κ1) is 24.8. The van der Waals surface area contributed by atoms with Crippen LogP contribution in [-0.2, 0) is 25.6 Å². The zero-order valence-electron chi connectivity index (χ0n) is 20.3. The Morgan fingerprint density at radius 2 is 1.91 bits per heavy atom. The van der Waals surface area contributed by atoms with Crippen LogP contribution in [0.1, 0.15) is 37.6 Å². The molecular weight excluding hydrogens is 466 g/mol. The molecule has 1 fully saturated rings. The van der Waals surface area contributed by atoms with Gasteiger partial charge in [-0.2, -0.15) is 0 Å². The number of benzene rings is 1. The van der Waals surface area contributed by atoms with Gasteiger partial charge in [0.05, 0.1) is 31.3 Å². The smallest absolute Gasteiger partial charge is 0.331 e. The molecule has 4 rings (SSSR count). The Kier molecular flexibility index (Phi) is 7.16. The number of ketones is 1. The largest absolute Gasteiger partial charge is 0.469 e. The van der Waals surface area contributed by atoms with Gasteiger partial charge >= 0.3 is 11.9 Å². The van der Waals surface area contributed by atoms with Gasteiger partial charge in [-0.15, -0.1) is 0 Å². The van der Waals surface area contributed by atoms with Crippen LogP contribution in [0.15, 0.2) is 55.0 Å². The third-order valence-electron chi connectivity index (χ3n) is 5.75. The molecule has 0 amide bonds. The number of anilines is 1. The molecule has 0 spiro atoms. The number of aromatic nitrogens is 2. The predicted molar refractivity (Wildman–Crippen MR) is 135 cm³/mol. The van der Waals surface area contributed by atoms with Gasteiger partial charge in [-0.25, -0.2) is 4.79 Å². The van der Waals surface area contributed by atoms with Crippen molar-refractivity contribution in [3.8, 4) is 0 Å². The third kappa shape index (κ3) is 5.35. The lowest BCUT2D eigenvalue weighted by atomic mass is 9.91. The number of hydrogen-bond donors (Lipinski definition) is 0. The number of Topliss-reactive ketones (excluding diaryl/α,β-unsaturated/α-hetero) is 1. The van der Waals surface area contributed by atoms with E-state index in [9.17, 15) is 14.4 Å². The monoisotopic (exact) mass is 495 g/mol. The topological polar surface area (TPSA) is 90.7 Å². The molecule has 3 aromatic rings. The molecule has 8 nitrogen and oxygen atoms in total. The van der Waals surface area contributed by atoms with Gasteiger partial charge in [0, 0.05) is 41.2 Å². The minimum absolute atomic E-state index is 0.132. The second kappa shape index (κ2) is 10.1. The fourth-order valence-corrected chi connectivity index (χ4v) is 5.50. The molecule has 2 unspecified atom stereocenters. The Bertz CT molecular complexity index is 1230. The molecule has 0 radical (unpaired) electrons. The highest BCUT2D eigenvalue weighted by atomic mass is 32.2. The molecule has 2 aromatic heterocycles. The summed E-state index contributed by atoms with van der Waals surface area (Å²) in [5.41, 5.74) is 1.42. The first-order valence-electron chi connectivity index (χ1n) is 11.4. The number of carbonyl (C=O) groups is 3. The molecule has 1 aromatic carbocycles. The number of esters is 2. The van der Waals surface area contributed by atoms with Crippen molar-refractivity contribution in [1.82, 2.24) is 9.55 Å². The van der Waals surface area contributed by atoms with Gasteiger partial charge in [0.15, 0.2) is 5.78 Å². The van der Waals surface area contributed by atoms with Crippen LogP contribution in [-0.4, -0.2) is 51.8 Å². The fourth-order valence-electron chi connectivity index (χ4n) is 4.20. The van der Waals surface area contributed by atoms with Gasteiger partial charge in [-0.1, -0.05) is 18.2 Å². The van der Waals surface area contributed by atoms with Crippen LogP contribution in [0.2, 0.25) is 0 Å². The SMILES string of the molecule is COC(=O)CCn1cc(C(=O)C2CSN(c3cccnc3)C2C(=O)OC(C)(C)C)c2ccccc21. The van der Waals surface area contributed by atoms with E-state index in [1.165, 1.54) is 19.1 Å². The number of aryl methyl sites for hydroxylation is 1. The maximum atomic E-state index is 14.0. The Balaban J connectivity index is 1.70. The van der Waals surface area contributed by atoms with Crippen molar-refractivity contribution in [2.45, 2.75) is 45.4 Å². The number of carbonyl (C=O) groups excluding carboxylic acids is 3. The summed E-state index contributed by atoms with van der Waals surface area (Å²) in [6.07, 6.45) is 5.31. The summed E-state index contributed by atoms with van der Waals surface area (Å²) in [5.74, 6) is -1.08. The zero-order chi connectivity index (χ0) is 25.2. The van der Waals surface area contributed by atoms with Gasteiger partial charge in [0.2, 0.25) is 0 Å². The predicted octanol–water partition coefficient (Wildman–Crippen LogP) is 4.28. The number of rotatable bonds is 7. The number of nitrogens with zero attached hydrogens (tertiary/aromatic N) is 3. The highest BCUT2D eigenvalue weighted by Gasteiger charge is 2.47. The summed E-state index contributed by atoms with van der Waals surface area (Å²) < 4.78 is 14.2. The third-order valence-corrected chi connectivity index (χ3v) is 6.98. The molecule has 1 aliphatic rings. The highest BCUT2D eigenvalue weighted by molar-refractivity contribution is 8.01. The summed E-state index contributed by atoms with van der Waals surface area (Å²) in [5, 5.41) is 0.787. The molecule has 1 aliphatic heterocycles. The fraction of sp³-hybridized carbons (Fsp3) is 0.385. The number of hydrogen-bond acceptors (Lipinski definition) is 8. The first-order chi connectivity index (χ1) is 16.7. The van der Waals surface area contributed by atoms with Gasteiger partial charge in [0.25, 0.3) is 0 Å². The Morgan fingerprint density at radius 1 is 1.14 bits per heavy atom. The molecular formula is C26H29N3O5S. The van der Waals surface area contributed by atoms with Crippen LogP contribution in [0.25, 0.3) is 10.9 Å². The van der Waals surface area contributed by atoms with Gasteiger partial charge in [-0.3, -0.25) is 18.9 Å². The molecule has 0 saturated carbocycles. The van der Waals surface area contributed by atoms with Crippen LogP contribution < -0.4 is 4.31 Å². The van der Waals surface area contributed by atoms with Crippen LogP contribution >= 0.6 is 11.9 Å². The molecule has 2 atom stereocenters. The van der Waals surface area contributed by atoms with E-state index in [2.05, 4.69) is 4.98 Å². The molecule has 0 aliphatic carbocycles. The van der Waals surface area contributed by atoms with E-state index >= 15 is 0 Å². The lowest BCUT2D eigenvalue weighted by molar-refractivity contribution is -0.156. The van der Waals surface area contributed by atoms with Crippen molar-refractivity contribution in [3.05, 3.63) is 60.6 Å². The van der Waals surface area contributed by atoms with Crippen LogP contribution in [0.5, 0.6) is 0 Å². The number of para-hydroxylation sites is 1. The molecule has 9 heteroatoms. The van der Waals surface area contributed by atoms with Crippen molar-refractivity contribution in [2.75, 3.05) is 17.2 Å². The normalized spacial score (nSPS) is 18.0. The van der Waals surface area contributed by atoms with Crippen molar-refractivity contribution < 1.29 is 23.9 Å². The summed E-state index contributed by atoms with van der Waals surface area (Å²) in [4.78, 5) is 43.2. The average Bonchev–Trinajstić information content (AvgIpc) is 3.44. The molecule has 0 bridgehead atoms. The highest BCUT2D eigenvalue weighted by Crippen LogP contribution is 2.40. The van der Waals surface area contributed by atoms with Crippen molar-refractivity contribution >= 4 is 46.3 Å². The van der Waals surface area contributed by atoms with E-state index in [-0.39, 0.29) is 18.2 Å². The average molecular weight is 496 g/mol. The molecule has 1 saturated heterocycles. The van der Waals surface area contributed by atoms with Crippen molar-refractivity contribution in [2.24, 2.45) is 5.92 Å². The van der Waals surface area contributed by atoms with E-state index in [4.69, 9.17) is 9.47 Å². The summed E-state index contributed by atoms with van der Waals surface area (Å²) in [6.45, 7) is 5.82. The summed E-state index contributed by atoms with van der Waals surface area (Å²) in [7, 11) is 1.35. The van der Waals surface area contributed by atoms with Crippen LogP contribution in [0.4, 0.5) is 5.69 Å².